The Kier molecular flexibility index (Phi) is 8.68. The summed E-state index contributed by atoms with van der Waals surface area (Å²) in [7, 11) is -3.41. The number of benzene rings is 2. The van der Waals surface area contributed by atoms with Gasteiger partial charge in [0.2, 0.25) is 10.0 Å². The number of aryl methyl sites for hydroxylation is 2. The number of fused-ring (bicyclic) bond motifs is 1. The number of sulfonamides is 1. The number of likely N-dealkylation sites (tertiary alicyclic amines) is 2. The predicted octanol–water partition coefficient (Wildman–Crippen LogP) is 4.14. The topological polar surface area (TPSA) is 116 Å². The molecular weight excluding hydrogens is 607 g/mol. The smallest absolute Gasteiger partial charge is 0.261 e. The Bertz CT molecular complexity index is 1770. The van der Waals surface area contributed by atoms with E-state index in [1.807, 2.05) is 31.0 Å². The molecule has 3 aliphatic heterocycles. The average molecular weight is 647 g/mol. The third-order valence-corrected chi connectivity index (χ3v) is 10.2. The van der Waals surface area contributed by atoms with Crippen molar-refractivity contribution in [3.8, 4) is 0 Å². The molecule has 2 amide bonds. The minimum atomic E-state index is -3.41. The van der Waals surface area contributed by atoms with Crippen molar-refractivity contribution in [2.75, 3.05) is 50.2 Å². The maximum absolute atomic E-state index is 14.5. The first-order chi connectivity index (χ1) is 21.9. The van der Waals surface area contributed by atoms with E-state index < -0.39 is 10.0 Å². The lowest BCUT2D eigenvalue weighted by atomic mass is 9.70. The molecule has 242 valence electrons. The van der Waals surface area contributed by atoms with Gasteiger partial charge in [-0.05, 0) is 92.6 Å². The molecule has 4 heterocycles. The molecule has 12 heteroatoms. The van der Waals surface area contributed by atoms with Crippen molar-refractivity contribution in [2.45, 2.75) is 38.5 Å². The van der Waals surface area contributed by atoms with E-state index in [0.717, 1.165) is 37.9 Å². The maximum Gasteiger partial charge on any atom is 0.261 e. The van der Waals surface area contributed by atoms with Gasteiger partial charge in [-0.1, -0.05) is 12.1 Å². The normalized spacial score (nSPS) is 19.6. The fourth-order valence-corrected chi connectivity index (χ4v) is 7.70. The first kappa shape index (κ1) is 31.8. The second-order valence-corrected chi connectivity index (χ2v) is 14.5. The summed E-state index contributed by atoms with van der Waals surface area (Å²) in [5.41, 5.74) is 4.76. The van der Waals surface area contributed by atoms with E-state index in [9.17, 15) is 22.4 Å². The van der Waals surface area contributed by atoms with Gasteiger partial charge in [-0.2, -0.15) is 0 Å². The number of hydrogen-bond donors (Lipinski definition) is 1. The van der Waals surface area contributed by atoms with Crippen LogP contribution in [0.25, 0.3) is 0 Å². The molecule has 2 saturated heterocycles. The summed E-state index contributed by atoms with van der Waals surface area (Å²) in [6.07, 6.45) is 6.79. The van der Waals surface area contributed by atoms with Gasteiger partial charge >= 0.3 is 0 Å². The fraction of sp³-hybridized carbons (Fsp3) is 0.412. The first-order valence-electron chi connectivity index (χ1n) is 15.6. The van der Waals surface area contributed by atoms with E-state index in [-0.39, 0.29) is 29.0 Å². The van der Waals surface area contributed by atoms with Crippen molar-refractivity contribution in [3.63, 3.8) is 0 Å². The van der Waals surface area contributed by atoms with E-state index in [2.05, 4.69) is 19.6 Å². The Morgan fingerprint density at radius 2 is 1.70 bits per heavy atom. The molecule has 3 aromatic rings. The zero-order valence-corrected chi connectivity index (χ0v) is 27.2. The van der Waals surface area contributed by atoms with Gasteiger partial charge in [0, 0.05) is 56.1 Å². The van der Waals surface area contributed by atoms with Crippen LogP contribution in [0.15, 0.2) is 66.6 Å². The number of anilines is 1. The number of nitrogens with one attached hydrogen (secondary N) is 1. The molecule has 1 N–H and O–H groups in total. The molecule has 46 heavy (non-hydrogen) atoms. The van der Waals surface area contributed by atoms with Crippen LogP contribution in [0.5, 0.6) is 0 Å². The number of halogens is 1. The van der Waals surface area contributed by atoms with Crippen LogP contribution in [-0.2, 0) is 15.4 Å². The highest BCUT2D eigenvalue weighted by molar-refractivity contribution is 7.92. The minimum absolute atomic E-state index is 0.0584. The van der Waals surface area contributed by atoms with Gasteiger partial charge in [0.1, 0.15) is 12.1 Å². The number of rotatable bonds is 8. The lowest BCUT2D eigenvalue weighted by Gasteiger charge is -2.43. The summed E-state index contributed by atoms with van der Waals surface area (Å²) < 4.78 is 39.9. The van der Waals surface area contributed by atoms with Crippen LogP contribution in [0.4, 0.5) is 10.1 Å². The standard InChI is InChI=1S/C34H39FN6O4S/c1-23-31(24(2)37-22-36-23)33(43)41-20-26-18-39(19-27(26)21-41)14-11-34(28-5-4-6-29(35)17-28)12-15-40(16-13-34)32(42)25-7-9-30(10-8-25)38-46(3,44)45/h4-10,17,20,22,27,38H,11-16,18-19,21H2,1-3H3. The highest BCUT2D eigenvalue weighted by Gasteiger charge is 2.40. The molecule has 0 bridgehead atoms. The molecule has 0 aliphatic carbocycles. The van der Waals surface area contributed by atoms with Crippen molar-refractivity contribution in [3.05, 3.63) is 101 Å². The van der Waals surface area contributed by atoms with Crippen molar-refractivity contribution in [1.82, 2.24) is 24.7 Å². The van der Waals surface area contributed by atoms with E-state index in [1.165, 1.54) is 18.0 Å². The Labute approximate surface area is 269 Å². The van der Waals surface area contributed by atoms with Gasteiger partial charge in [0.25, 0.3) is 11.8 Å². The number of carbonyl (C=O) groups is 2. The van der Waals surface area contributed by atoms with Crippen LogP contribution in [0.3, 0.4) is 0 Å². The lowest BCUT2D eigenvalue weighted by molar-refractivity contribution is 0.0650. The number of hydrogen-bond acceptors (Lipinski definition) is 7. The van der Waals surface area contributed by atoms with Gasteiger partial charge in [-0.15, -0.1) is 0 Å². The van der Waals surface area contributed by atoms with Crippen molar-refractivity contribution in [2.24, 2.45) is 5.92 Å². The number of aromatic nitrogens is 2. The van der Waals surface area contributed by atoms with Crippen LogP contribution in [-0.4, -0.2) is 90.4 Å². The number of nitrogens with zero attached hydrogens (tertiary/aromatic N) is 5. The minimum Gasteiger partial charge on any atom is -0.339 e. The Balaban J connectivity index is 1.11. The second-order valence-electron chi connectivity index (χ2n) is 12.8. The van der Waals surface area contributed by atoms with Gasteiger partial charge < -0.3 is 9.80 Å². The summed E-state index contributed by atoms with van der Waals surface area (Å²) in [5.74, 6) is -0.155. The molecule has 1 aromatic heterocycles. The Morgan fingerprint density at radius 1 is 1.00 bits per heavy atom. The number of piperidine rings is 1. The third kappa shape index (κ3) is 6.68. The molecule has 0 radical (unpaired) electrons. The second kappa shape index (κ2) is 12.6. The van der Waals surface area contributed by atoms with Crippen LogP contribution >= 0.6 is 0 Å². The molecule has 0 saturated carbocycles. The summed E-state index contributed by atoms with van der Waals surface area (Å²) in [6.45, 7) is 7.83. The molecule has 1 atom stereocenters. The highest BCUT2D eigenvalue weighted by atomic mass is 32.2. The monoisotopic (exact) mass is 646 g/mol. The number of carbonyl (C=O) groups excluding carboxylic acids is 2. The zero-order chi connectivity index (χ0) is 32.6. The molecule has 2 aromatic carbocycles. The Hall–Kier alpha value is -4.16. The van der Waals surface area contributed by atoms with Crippen LogP contribution in [0.1, 0.15) is 56.9 Å². The summed E-state index contributed by atoms with van der Waals surface area (Å²) in [4.78, 5) is 41.1. The van der Waals surface area contributed by atoms with Crippen LogP contribution < -0.4 is 4.72 Å². The first-order valence-corrected chi connectivity index (χ1v) is 17.5. The van der Waals surface area contributed by atoms with Crippen molar-refractivity contribution in [1.29, 1.82) is 0 Å². The zero-order valence-electron chi connectivity index (χ0n) is 26.4. The van der Waals surface area contributed by atoms with E-state index in [4.69, 9.17) is 0 Å². The molecule has 3 aliphatic rings. The summed E-state index contributed by atoms with van der Waals surface area (Å²) in [5, 5.41) is 0. The quantitative estimate of drug-likeness (QED) is 0.391. The lowest BCUT2D eigenvalue weighted by Crippen LogP contribution is -2.46. The molecule has 0 spiro atoms. The maximum atomic E-state index is 14.5. The molecular formula is C34H39FN6O4S. The van der Waals surface area contributed by atoms with Crippen molar-refractivity contribution < 1.29 is 22.4 Å². The number of amides is 2. The molecule has 1 unspecified atom stereocenters. The third-order valence-electron chi connectivity index (χ3n) is 9.64. The van der Waals surface area contributed by atoms with Crippen LogP contribution in [0, 0.1) is 25.6 Å². The van der Waals surface area contributed by atoms with Gasteiger partial charge in [0.05, 0.1) is 23.2 Å². The Morgan fingerprint density at radius 3 is 2.33 bits per heavy atom. The SMILES string of the molecule is Cc1ncnc(C)c1C(=O)N1C=C2CN(CCC3(c4cccc(F)c4)CCN(C(=O)c4ccc(NS(C)(=O)=O)cc4)CC3)CC2C1. The van der Waals surface area contributed by atoms with Gasteiger partial charge in [-0.3, -0.25) is 19.2 Å². The van der Waals surface area contributed by atoms with Gasteiger partial charge in [0.15, 0.2) is 0 Å². The highest BCUT2D eigenvalue weighted by Crippen LogP contribution is 2.41. The fourth-order valence-electron chi connectivity index (χ4n) is 7.14. The van der Waals surface area contributed by atoms with Gasteiger partial charge in [-0.25, -0.2) is 22.8 Å². The average Bonchev–Trinajstić information content (AvgIpc) is 3.59. The van der Waals surface area contributed by atoms with E-state index in [0.29, 0.717) is 60.7 Å². The van der Waals surface area contributed by atoms with Crippen LogP contribution in [0.2, 0.25) is 0 Å². The molecule has 6 rings (SSSR count). The molecule has 10 nitrogen and oxygen atoms in total. The van der Waals surface area contributed by atoms with Crippen molar-refractivity contribution >= 4 is 27.5 Å². The molecule has 2 fully saturated rings. The summed E-state index contributed by atoms with van der Waals surface area (Å²) in [6, 6.07) is 13.3. The summed E-state index contributed by atoms with van der Waals surface area (Å²) >= 11 is 0. The predicted molar refractivity (Wildman–Crippen MR) is 173 cm³/mol. The van der Waals surface area contributed by atoms with E-state index >= 15 is 0 Å². The van der Waals surface area contributed by atoms with E-state index in [1.54, 1.807) is 41.3 Å². The largest absolute Gasteiger partial charge is 0.339 e.